The van der Waals surface area contributed by atoms with Gasteiger partial charge in [0.1, 0.15) is 0 Å². The molecule has 0 saturated heterocycles. The van der Waals surface area contributed by atoms with Gasteiger partial charge in [-0.25, -0.2) is 0 Å². The molecule has 1 unspecified atom stereocenters. The molecule has 0 spiro atoms. The van der Waals surface area contributed by atoms with Crippen LogP contribution in [0.3, 0.4) is 0 Å². The molecular weight excluding hydrogens is 210 g/mol. The fourth-order valence-electron chi connectivity index (χ4n) is 1.89. The highest BCUT2D eigenvalue weighted by Gasteiger charge is 2.10. The molecule has 0 fully saturated rings. The summed E-state index contributed by atoms with van der Waals surface area (Å²) in [5.41, 5.74) is 0. The van der Waals surface area contributed by atoms with E-state index < -0.39 is 0 Å². The van der Waals surface area contributed by atoms with Gasteiger partial charge in [-0.2, -0.15) is 0 Å². The second kappa shape index (κ2) is 9.86. The summed E-state index contributed by atoms with van der Waals surface area (Å²) in [6, 6.07) is 0.596. The zero-order valence-electron chi connectivity index (χ0n) is 12.8. The Labute approximate surface area is 109 Å². The average Bonchev–Trinajstić information content (AvgIpc) is 2.23. The lowest BCUT2D eigenvalue weighted by Crippen LogP contribution is -2.38. The number of rotatable bonds is 10. The molecule has 0 saturated carbocycles. The van der Waals surface area contributed by atoms with Gasteiger partial charge in [0.15, 0.2) is 0 Å². The van der Waals surface area contributed by atoms with Crippen molar-refractivity contribution in [3.05, 3.63) is 0 Å². The number of nitrogens with zero attached hydrogens (tertiary/aromatic N) is 2. The van der Waals surface area contributed by atoms with Crippen molar-refractivity contribution < 1.29 is 0 Å². The van der Waals surface area contributed by atoms with E-state index in [1.165, 1.54) is 26.1 Å². The number of nitrogens with one attached hydrogen (secondary N) is 1. The maximum Gasteiger partial charge on any atom is 0.0109 e. The summed E-state index contributed by atoms with van der Waals surface area (Å²) < 4.78 is 0. The Morgan fingerprint density at radius 2 is 1.65 bits per heavy atom. The van der Waals surface area contributed by atoms with E-state index in [2.05, 4.69) is 56.9 Å². The first kappa shape index (κ1) is 16.9. The van der Waals surface area contributed by atoms with Gasteiger partial charge in [-0.1, -0.05) is 27.7 Å². The summed E-state index contributed by atoms with van der Waals surface area (Å²) in [5.74, 6) is 0.728. The minimum absolute atomic E-state index is 0.596. The van der Waals surface area contributed by atoms with Gasteiger partial charge in [0.25, 0.3) is 0 Å². The predicted octanol–water partition coefficient (Wildman–Crippen LogP) is 1.89. The van der Waals surface area contributed by atoms with Gasteiger partial charge in [-0.3, -0.25) is 0 Å². The molecule has 0 bridgehead atoms. The minimum Gasteiger partial charge on any atom is -0.314 e. The molecule has 17 heavy (non-hydrogen) atoms. The van der Waals surface area contributed by atoms with Gasteiger partial charge in [0.05, 0.1) is 0 Å². The van der Waals surface area contributed by atoms with Crippen molar-refractivity contribution in [2.45, 2.75) is 40.2 Å². The van der Waals surface area contributed by atoms with E-state index in [4.69, 9.17) is 0 Å². The number of hydrogen-bond acceptors (Lipinski definition) is 3. The Morgan fingerprint density at radius 1 is 1.00 bits per heavy atom. The lowest BCUT2D eigenvalue weighted by molar-refractivity contribution is 0.211. The van der Waals surface area contributed by atoms with Crippen LogP contribution in [0.25, 0.3) is 0 Å². The Morgan fingerprint density at radius 3 is 2.12 bits per heavy atom. The Bertz CT molecular complexity index is 169. The van der Waals surface area contributed by atoms with Crippen molar-refractivity contribution in [3.8, 4) is 0 Å². The maximum atomic E-state index is 3.52. The van der Waals surface area contributed by atoms with Crippen LogP contribution in [-0.4, -0.2) is 62.7 Å². The summed E-state index contributed by atoms with van der Waals surface area (Å²) in [7, 11) is 4.29. The van der Waals surface area contributed by atoms with Crippen molar-refractivity contribution in [3.63, 3.8) is 0 Å². The molecule has 0 aliphatic heterocycles. The Balaban J connectivity index is 3.87. The molecule has 0 aromatic rings. The van der Waals surface area contributed by atoms with E-state index in [0.29, 0.717) is 6.04 Å². The molecule has 0 rings (SSSR count). The summed E-state index contributed by atoms with van der Waals surface area (Å²) >= 11 is 0. The van der Waals surface area contributed by atoms with Crippen LogP contribution in [0.1, 0.15) is 34.1 Å². The molecule has 0 aliphatic rings. The fraction of sp³-hybridized carbons (Fsp3) is 1.00. The van der Waals surface area contributed by atoms with Gasteiger partial charge in [-0.05, 0) is 39.5 Å². The second-order valence-electron chi connectivity index (χ2n) is 5.77. The predicted molar refractivity (Wildman–Crippen MR) is 77.6 cm³/mol. The molecule has 0 aromatic heterocycles. The van der Waals surface area contributed by atoms with Crippen LogP contribution >= 0.6 is 0 Å². The third kappa shape index (κ3) is 10.7. The molecule has 1 N–H and O–H groups in total. The Hall–Kier alpha value is -0.120. The average molecular weight is 243 g/mol. The quantitative estimate of drug-likeness (QED) is 0.632. The highest BCUT2D eigenvalue weighted by atomic mass is 15.2. The molecule has 0 heterocycles. The molecule has 104 valence electrons. The molecule has 3 heteroatoms. The van der Waals surface area contributed by atoms with Gasteiger partial charge in [0, 0.05) is 25.7 Å². The molecule has 1 atom stereocenters. The topological polar surface area (TPSA) is 18.5 Å². The molecule has 0 amide bonds. The van der Waals surface area contributed by atoms with Crippen LogP contribution in [0.5, 0.6) is 0 Å². The van der Waals surface area contributed by atoms with Gasteiger partial charge in [-0.15, -0.1) is 0 Å². The third-order valence-electron chi connectivity index (χ3n) is 2.85. The summed E-state index contributed by atoms with van der Waals surface area (Å²) in [6.07, 6.45) is 1.25. The maximum absolute atomic E-state index is 3.52. The highest BCUT2D eigenvalue weighted by molar-refractivity contribution is 4.67. The first-order valence-corrected chi connectivity index (χ1v) is 7.06. The van der Waals surface area contributed by atoms with Crippen LogP contribution in [0.4, 0.5) is 0 Å². The first-order chi connectivity index (χ1) is 7.95. The molecular formula is C14H33N3. The third-order valence-corrected chi connectivity index (χ3v) is 2.85. The van der Waals surface area contributed by atoms with Crippen LogP contribution < -0.4 is 5.32 Å². The normalized spacial score (nSPS) is 13.9. The molecule has 0 radical (unpaired) electrons. The van der Waals surface area contributed by atoms with Crippen LogP contribution in [0.15, 0.2) is 0 Å². The summed E-state index contributed by atoms with van der Waals surface area (Å²) in [6.45, 7) is 14.9. The minimum atomic E-state index is 0.596. The smallest absolute Gasteiger partial charge is 0.0109 e. The van der Waals surface area contributed by atoms with E-state index in [1.807, 2.05) is 0 Å². The van der Waals surface area contributed by atoms with Crippen LogP contribution in [0, 0.1) is 5.92 Å². The van der Waals surface area contributed by atoms with Crippen molar-refractivity contribution in [1.29, 1.82) is 0 Å². The fourth-order valence-corrected chi connectivity index (χ4v) is 1.89. The van der Waals surface area contributed by atoms with E-state index >= 15 is 0 Å². The zero-order valence-corrected chi connectivity index (χ0v) is 12.8. The van der Waals surface area contributed by atoms with Crippen molar-refractivity contribution in [1.82, 2.24) is 15.1 Å². The van der Waals surface area contributed by atoms with Gasteiger partial charge < -0.3 is 15.1 Å². The monoisotopic (exact) mass is 243 g/mol. The van der Waals surface area contributed by atoms with Crippen molar-refractivity contribution in [2.75, 3.05) is 46.8 Å². The van der Waals surface area contributed by atoms with E-state index in [1.54, 1.807) is 0 Å². The summed E-state index contributed by atoms with van der Waals surface area (Å²) in [4.78, 5) is 4.85. The van der Waals surface area contributed by atoms with Gasteiger partial charge in [0.2, 0.25) is 0 Å². The van der Waals surface area contributed by atoms with E-state index in [0.717, 1.165) is 19.0 Å². The second-order valence-corrected chi connectivity index (χ2v) is 5.77. The highest BCUT2D eigenvalue weighted by Crippen LogP contribution is 2.01. The number of likely N-dealkylation sites (N-methyl/N-ethyl adjacent to an activating group) is 1. The van der Waals surface area contributed by atoms with Gasteiger partial charge >= 0.3 is 0 Å². The molecule has 0 aliphatic carbocycles. The van der Waals surface area contributed by atoms with Crippen molar-refractivity contribution in [2.24, 2.45) is 5.92 Å². The lowest BCUT2D eigenvalue weighted by atomic mass is 10.1. The molecule has 3 nitrogen and oxygen atoms in total. The van der Waals surface area contributed by atoms with Crippen LogP contribution in [0.2, 0.25) is 0 Å². The largest absolute Gasteiger partial charge is 0.314 e. The first-order valence-electron chi connectivity index (χ1n) is 7.06. The zero-order chi connectivity index (χ0) is 13.3. The van der Waals surface area contributed by atoms with E-state index in [9.17, 15) is 0 Å². The SMILES string of the molecule is CCCN(CCN(C)C)CC(C)CNC(C)C. The number of hydrogen-bond donors (Lipinski definition) is 1. The Kier molecular flexibility index (Phi) is 9.79. The van der Waals surface area contributed by atoms with Crippen LogP contribution in [-0.2, 0) is 0 Å². The van der Waals surface area contributed by atoms with Crippen molar-refractivity contribution >= 4 is 0 Å². The molecule has 0 aromatic carbocycles. The lowest BCUT2D eigenvalue weighted by Gasteiger charge is -2.27. The van der Waals surface area contributed by atoms with E-state index in [-0.39, 0.29) is 0 Å². The summed E-state index contributed by atoms with van der Waals surface area (Å²) in [5, 5.41) is 3.52. The standard InChI is InChI=1S/C14H33N3/c1-7-8-17(10-9-16(5)6)12-14(4)11-15-13(2)3/h13-15H,7-12H2,1-6H3.